The largest absolute Gasteiger partial charge is 0.368 e. The molecule has 0 heterocycles. The van der Waals surface area contributed by atoms with E-state index in [0.29, 0.717) is 6.42 Å². The number of nitrogens with one attached hydrogen (secondary N) is 1. The zero-order chi connectivity index (χ0) is 21.9. The molecule has 1 fully saturated rings. The SMILES string of the molecule is C=N/C(NC1(C)CC1)=C(\C)C(C(=C)N(C)C(C)c1ccc(CC)c(F)c1)=C(C)C. The van der Waals surface area contributed by atoms with Crippen LogP contribution in [0.15, 0.2) is 58.0 Å². The van der Waals surface area contributed by atoms with Gasteiger partial charge in [0.05, 0.1) is 6.04 Å². The molecule has 1 unspecified atom stereocenters. The predicted molar refractivity (Wildman–Crippen MR) is 122 cm³/mol. The van der Waals surface area contributed by atoms with Crippen molar-refractivity contribution in [3.63, 3.8) is 0 Å². The number of aryl methyl sites for hydroxylation is 1. The highest BCUT2D eigenvalue weighted by molar-refractivity contribution is 5.50. The quantitative estimate of drug-likeness (QED) is 0.391. The number of likely N-dealkylation sites (N-methyl/N-ethyl adjacent to an activating group) is 1. The number of aliphatic imine (C=N–C) groups is 1. The lowest BCUT2D eigenvalue weighted by atomic mass is 9.96. The summed E-state index contributed by atoms with van der Waals surface area (Å²) < 4.78 is 14.3. The average Bonchev–Trinajstić information content (AvgIpc) is 3.41. The molecule has 0 amide bonds. The molecule has 1 atom stereocenters. The summed E-state index contributed by atoms with van der Waals surface area (Å²) in [5, 5.41) is 3.53. The predicted octanol–water partition coefficient (Wildman–Crippen LogP) is 6.31. The summed E-state index contributed by atoms with van der Waals surface area (Å²) in [6, 6.07) is 5.52. The molecule has 3 nitrogen and oxygen atoms in total. The maximum atomic E-state index is 14.3. The van der Waals surface area contributed by atoms with Crippen LogP contribution in [-0.2, 0) is 6.42 Å². The van der Waals surface area contributed by atoms with Gasteiger partial charge < -0.3 is 10.2 Å². The first-order valence-electron chi connectivity index (χ1n) is 10.4. The Labute approximate surface area is 176 Å². The van der Waals surface area contributed by atoms with Crippen molar-refractivity contribution >= 4 is 6.72 Å². The van der Waals surface area contributed by atoms with Crippen molar-refractivity contribution in [2.24, 2.45) is 4.99 Å². The van der Waals surface area contributed by atoms with Crippen LogP contribution in [0.3, 0.4) is 0 Å². The van der Waals surface area contributed by atoms with Crippen molar-refractivity contribution in [3.8, 4) is 0 Å². The second kappa shape index (κ2) is 8.98. The molecule has 0 bridgehead atoms. The Bertz CT molecular complexity index is 855. The summed E-state index contributed by atoms with van der Waals surface area (Å²) >= 11 is 0. The first-order valence-corrected chi connectivity index (χ1v) is 10.4. The van der Waals surface area contributed by atoms with E-state index < -0.39 is 0 Å². The van der Waals surface area contributed by atoms with Gasteiger partial charge in [-0.25, -0.2) is 9.38 Å². The minimum Gasteiger partial charge on any atom is -0.368 e. The fraction of sp³-hybridized carbons (Fsp3) is 0.480. The summed E-state index contributed by atoms with van der Waals surface area (Å²) in [7, 11) is 2.01. The van der Waals surface area contributed by atoms with Crippen molar-refractivity contribution in [2.75, 3.05) is 7.05 Å². The monoisotopic (exact) mass is 397 g/mol. The number of benzene rings is 1. The molecule has 0 radical (unpaired) electrons. The Morgan fingerprint density at radius 1 is 1.31 bits per heavy atom. The van der Waals surface area contributed by atoms with Gasteiger partial charge in [-0.15, -0.1) is 0 Å². The van der Waals surface area contributed by atoms with Gasteiger partial charge in [0, 0.05) is 29.4 Å². The van der Waals surface area contributed by atoms with E-state index in [4.69, 9.17) is 0 Å². The molecule has 2 rings (SSSR count). The summed E-state index contributed by atoms with van der Waals surface area (Å²) in [5.41, 5.74) is 5.93. The Morgan fingerprint density at radius 2 is 1.93 bits per heavy atom. The second-order valence-electron chi connectivity index (χ2n) is 8.63. The molecule has 1 N–H and O–H groups in total. The van der Waals surface area contributed by atoms with E-state index in [-0.39, 0.29) is 17.4 Å². The summed E-state index contributed by atoms with van der Waals surface area (Å²) in [4.78, 5) is 6.37. The third-order valence-corrected chi connectivity index (χ3v) is 6.04. The summed E-state index contributed by atoms with van der Waals surface area (Å²) in [6.45, 7) is 20.6. The topological polar surface area (TPSA) is 27.6 Å². The van der Waals surface area contributed by atoms with Crippen LogP contribution in [-0.4, -0.2) is 24.2 Å². The summed E-state index contributed by atoms with van der Waals surface area (Å²) in [5.74, 6) is 0.663. The number of rotatable bonds is 9. The highest BCUT2D eigenvalue weighted by Gasteiger charge is 2.38. The van der Waals surface area contributed by atoms with Gasteiger partial charge in [-0.2, -0.15) is 0 Å². The molecular weight excluding hydrogens is 361 g/mol. The lowest BCUT2D eigenvalue weighted by Gasteiger charge is -2.32. The molecule has 1 saturated carbocycles. The molecule has 0 aliphatic heterocycles. The van der Waals surface area contributed by atoms with Crippen LogP contribution in [0, 0.1) is 5.82 Å². The zero-order valence-electron chi connectivity index (χ0n) is 19.1. The molecule has 29 heavy (non-hydrogen) atoms. The number of halogens is 1. The maximum absolute atomic E-state index is 14.3. The number of nitrogens with zero attached hydrogens (tertiary/aromatic N) is 2. The Morgan fingerprint density at radius 3 is 2.38 bits per heavy atom. The molecule has 1 aliphatic carbocycles. The van der Waals surface area contributed by atoms with Crippen LogP contribution >= 0.6 is 0 Å². The Hall–Kier alpha value is -2.36. The standard InChI is InChI=1S/C25H36FN3/c1-10-20-11-12-21(15-22(20)26)18(5)29(9)19(6)23(16(2)3)17(4)24(27-8)28-25(7)13-14-25/h11-12,15,18,28H,6,8,10,13-14H2,1-5,7,9H3/b24-17-. The van der Waals surface area contributed by atoms with Gasteiger partial charge in [-0.05, 0) is 77.8 Å². The van der Waals surface area contributed by atoms with Crippen molar-refractivity contribution in [3.05, 3.63) is 70.0 Å². The smallest absolute Gasteiger partial charge is 0.129 e. The first kappa shape index (κ1) is 22.9. The number of hydrogen-bond acceptors (Lipinski definition) is 3. The molecule has 1 aliphatic rings. The third-order valence-electron chi connectivity index (χ3n) is 6.04. The highest BCUT2D eigenvalue weighted by Crippen LogP contribution is 2.37. The van der Waals surface area contributed by atoms with Crippen molar-refractivity contribution in [2.45, 2.75) is 72.4 Å². The van der Waals surface area contributed by atoms with Gasteiger partial charge in [0.2, 0.25) is 0 Å². The van der Waals surface area contributed by atoms with E-state index in [9.17, 15) is 4.39 Å². The minimum atomic E-state index is -0.144. The lowest BCUT2D eigenvalue weighted by Crippen LogP contribution is -2.28. The van der Waals surface area contributed by atoms with Crippen LogP contribution in [0.2, 0.25) is 0 Å². The molecule has 1 aromatic carbocycles. The molecule has 1 aromatic rings. The van der Waals surface area contributed by atoms with Gasteiger partial charge in [0.15, 0.2) is 0 Å². The van der Waals surface area contributed by atoms with E-state index in [0.717, 1.165) is 52.2 Å². The van der Waals surface area contributed by atoms with E-state index >= 15 is 0 Å². The van der Waals surface area contributed by atoms with E-state index in [1.165, 1.54) is 0 Å². The van der Waals surface area contributed by atoms with Crippen LogP contribution < -0.4 is 5.32 Å². The van der Waals surface area contributed by atoms with E-state index in [1.54, 1.807) is 6.07 Å². The average molecular weight is 398 g/mol. The van der Waals surface area contributed by atoms with Gasteiger partial charge in [-0.1, -0.05) is 31.2 Å². The molecular formula is C25H36FN3. The Kier molecular flexibility index (Phi) is 7.10. The van der Waals surface area contributed by atoms with Crippen LogP contribution in [0.1, 0.15) is 71.6 Å². The van der Waals surface area contributed by atoms with Crippen LogP contribution in [0.4, 0.5) is 4.39 Å². The van der Waals surface area contributed by atoms with Crippen molar-refractivity contribution in [1.29, 1.82) is 0 Å². The lowest BCUT2D eigenvalue weighted by molar-refractivity contribution is 0.336. The molecule has 0 spiro atoms. The minimum absolute atomic E-state index is 0.0147. The second-order valence-corrected chi connectivity index (χ2v) is 8.63. The summed E-state index contributed by atoms with van der Waals surface area (Å²) in [6.07, 6.45) is 2.97. The van der Waals surface area contributed by atoms with Crippen LogP contribution in [0.5, 0.6) is 0 Å². The third kappa shape index (κ3) is 5.17. The molecule has 158 valence electrons. The Balaban J connectivity index is 2.33. The first-order chi connectivity index (χ1) is 13.5. The van der Waals surface area contributed by atoms with Crippen molar-refractivity contribution < 1.29 is 4.39 Å². The van der Waals surface area contributed by atoms with E-state index in [1.807, 2.05) is 26.1 Å². The molecule has 0 saturated heterocycles. The van der Waals surface area contributed by atoms with Gasteiger partial charge in [0.1, 0.15) is 11.6 Å². The van der Waals surface area contributed by atoms with Gasteiger partial charge >= 0.3 is 0 Å². The highest BCUT2D eigenvalue weighted by atomic mass is 19.1. The zero-order valence-corrected chi connectivity index (χ0v) is 19.1. The maximum Gasteiger partial charge on any atom is 0.129 e. The van der Waals surface area contributed by atoms with E-state index in [2.05, 4.69) is 63.1 Å². The molecule has 0 aromatic heterocycles. The number of allylic oxidation sites excluding steroid dienone is 2. The van der Waals surface area contributed by atoms with Gasteiger partial charge in [-0.3, -0.25) is 0 Å². The fourth-order valence-electron chi connectivity index (χ4n) is 3.59. The number of hydrogen-bond donors (Lipinski definition) is 1. The fourth-order valence-corrected chi connectivity index (χ4v) is 3.59. The van der Waals surface area contributed by atoms with Crippen molar-refractivity contribution in [1.82, 2.24) is 10.2 Å². The molecule has 4 heteroatoms. The normalized spacial score (nSPS) is 16.4. The van der Waals surface area contributed by atoms with Gasteiger partial charge in [0.25, 0.3) is 0 Å². The van der Waals surface area contributed by atoms with Crippen LogP contribution in [0.25, 0.3) is 0 Å².